The first-order valence-corrected chi connectivity index (χ1v) is 22.8. The maximum atomic E-state index is 14.5. The van der Waals surface area contributed by atoms with Crippen molar-refractivity contribution in [2.45, 2.75) is 112 Å². The fraction of sp³-hybridized carbons (Fsp3) is 0.412. The average Bonchev–Trinajstić information content (AvgIpc) is 4.04. The summed E-state index contributed by atoms with van der Waals surface area (Å²) in [5.41, 5.74) is 3.41. The summed E-state index contributed by atoms with van der Waals surface area (Å²) < 4.78 is 47.1. The molecule has 0 unspecified atom stereocenters. The van der Waals surface area contributed by atoms with Crippen molar-refractivity contribution < 1.29 is 76.6 Å². The standard InChI is InChI=1S/C51H50N2O16/c1-26(54)64-42-43(65-27(2)55)45(66-28(3)56)48(69-44(42)47(58)59)67-37-15-14-30-23-38-51(61)19-17-36(52(4)39(57)16-13-29-18-22-62-24-29)46-50(51,40(30)41(37)68-46)20-21-53(38)49(60)63-25-35-33-11-7-5-9-31(33)32-10-6-8-12-34(32)35/h5-16,18,22,24,35-36,38,42-46,48,61H,17,19-21,23,25H2,1-4H3,(H,58,59)/b16-13+/t36-,38-,42+,43+,44+,45-,46+,48-,50+,51-/m1/s1. The number of ether oxygens (including phenoxy) is 7. The quantitative estimate of drug-likeness (QED) is 0.116. The second kappa shape index (κ2) is 17.4. The molecule has 10 atom stereocenters. The summed E-state index contributed by atoms with van der Waals surface area (Å²) >= 11 is 0. The van der Waals surface area contributed by atoms with E-state index in [2.05, 4.69) is 12.1 Å². The van der Waals surface area contributed by atoms with Gasteiger partial charge in [-0.3, -0.25) is 19.2 Å². The molecule has 18 heteroatoms. The fourth-order valence-corrected chi connectivity index (χ4v) is 11.9. The van der Waals surface area contributed by atoms with Gasteiger partial charge in [0.05, 0.1) is 35.6 Å². The van der Waals surface area contributed by atoms with Crippen LogP contribution in [0.4, 0.5) is 4.79 Å². The van der Waals surface area contributed by atoms with Crippen LogP contribution < -0.4 is 9.47 Å². The molecular formula is C51H50N2O16. The van der Waals surface area contributed by atoms with Crippen LogP contribution >= 0.6 is 0 Å². The lowest BCUT2D eigenvalue weighted by molar-refractivity contribution is -0.282. The number of esters is 3. The minimum absolute atomic E-state index is 0.0105. The van der Waals surface area contributed by atoms with Crippen molar-refractivity contribution in [2.24, 2.45) is 0 Å². The van der Waals surface area contributed by atoms with E-state index in [0.29, 0.717) is 11.1 Å². The number of carbonyl (C=O) groups excluding carboxylic acids is 5. The summed E-state index contributed by atoms with van der Waals surface area (Å²) in [5, 5.41) is 23.8. The molecule has 2 amide bonds. The highest BCUT2D eigenvalue weighted by Crippen LogP contribution is 2.66. The lowest BCUT2D eigenvalue weighted by Crippen LogP contribution is -2.78. The number of carboxylic acids is 1. The molecule has 3 aliphatic carbocycles. The maximum Gasteiger partial charge on any atom is 0.410 e. The van der Waals surface area contributed by atoms with Crippen LogP contribution in [0.3, 0.4) is 0 Å². The summed E-state index contributed by atoms with van der Waals surface area (Å²) in [4.78, 5) is 81.6. The molecule has 4 heterocycles. The first-order valence-electron chi connectivity index (χ1n) is 22.8. The summed E-state index contributed by atoms with van der Waals surface area (Å²) in [6.07, 6.45) is -3.53. The van der Waals surface area contributed by atoms with Crippen molar-refractivity contribution >= 4 is 42.0 Å². The fourth-order valence-electron chi connectivity index (χ4n) is 11.9. The third-order valence-electron chi connectivity index (χ3n) is 14.7. The Balaban J connectivity index is 1.01. The highest BCUT2D eigenvalue weighted by atomic mass is 16.7. The molecular weight excluding hydrogens is 897 g/mol. The van der Waals surface area contributed by atoms with Crippen LogP contribution in [0.15, 0.2) is 89.7 Å². The molecule has 3 aromatic carbocycles. The molecule has 0 radical (unpaired) electrons. The van der Waals surface area contributed by atoms with Gasteiger partial charge in [-0.15, -0.1) is 0 Å². The van der Waals surface area contributed by atoms with Gasteiger partial charge in [-0.2, -0.15) is 0 Å². The van der Waals surface area contributed by atoms with Gasteiger partial charge in [-0.05, 0) is 71.7 Å². The van der Waals surface area contributed by atoms with Crippen LogP contribution in [0, 0.1) is 0 Å². The minimum atomic E-state index is -1.96. The lowest BCUT2D eigenvalue weighted by atomic mass is 9.48. The van der Waals surface area contributed by atoms with E-state index < -0.39 is 89.9 Å². The average molecular weight is 947 g/mol. The Morgan fingerprint density at radius 2 is 1.52 bits per heavy atom. The van der Waals surface area contributed by atoms with Crippen LogP contribution in [0.5, 0.6) is 11.5 Å². The molecule has 2 bridgehead atoms. The number of hydrogen-bond acceptors (Lipinski definition) is 15. The number of carbonyl (C=O) groups is 6. The van der Waals surface area contributed by atoms with Crippen molar-refractivity contribution in [3.8, 4) is 22.6 Å². The Morgan fingerprint density at radius 3 is 2.17 bits per heavy atom. The van der Waals surface area contributed by atoms with Gasteiger partial charge in [-0.25, -0.2) is 9.59 Å². The van der Waals surface area contributed by atoms with Crippen LogP contribution in [-0.4, -0.2) is 131 Å². The largest absolute Gasteiger partial charge is 0.483 e. The molecule has 2 saturated heterocycles. The van der Waals surface area contributed by atoms with Crippen LogP contribution in [-0.2, 0) is 59.5 Å². The number of benzene rings is 3. The number of carboxylic acid groups (broad SMARTS) is 1. The molecule has 2 N–H and O–H groups in total. The molecule has 6 aliphatic rings. The number of fused-ring (bicyclic) bond motifs is 3. The number of hydrogen-bond donors (Lipinski definition) is 2. The van der Waals surface area contributed by atoms with Crippen LogP contribution in [0.2, 0.25) is 0 Å². The molecule has 69 heavy (non-hydrogen) atoms. The van der Waals surface area contributed by atoms with Gasteiger partial charge in [-0.1, -0.05) is 54.6 Å². The Bertz CT molecular complexity index is 2730. The molecule has 3 aliphatic heterocycles. The van der Waals surface area contributed by atoms with Crippen LogP contribution in [0.1, 0.15) is 73.8 Å². The Kier molecular flexibility index (Phi) is 11.5. The van der Waals surface area contributed by atoms with E-state index >= 15 is 0 Å². The van der Waals surface area contributed by atoms with Crippen molar-refractivity contribution in [3.63, 3.8) is 0 Å². The Labute approximate surface area is 395 Å². The number of likely N-dealkylation sites (N-methyl/N-ethyl adjacent to an activating group) is 1. The van der Waals surface area contributed by atoms with Crippen molar-refractivity contribution in [2.75, 3.05) is 20.2 Å². The smallest absolute Gasteiger partial charge is 0.410 e. The van der Waals surface area contributed by atoms with E-state index in [-0.39, 0.29) is 62.2 Å². The zero-order valence-corrected chi connectivity index (χ0v) is 38.1. The number of amides is 2. The van der Waals surface area contributed by atoms with E-state index in [1.807, 2.05) is 36.4 Å². The highest BCUT2D eigenvalue weighted by Gasteiger charge is 2.74. The van der Waals surface area contributed by atoms with Crippen molar-refractivity contribution in [1.29, 1.82) is 0 Å². The molecule has 1 saturated carbocycles. The van der Waals surface area contributed by atoms with E-state index in [9.17, 15) is 39.0 Å². The van der Waals surface area contributed by atoms with Gasteiger partial charge >= 0.3 is 30.0 Å². The summed E-state index contributed by atoms with van der Waals surface area (Å²) in [5.74, 6) is -4.68. The first-order chi connectivity index (χ1) is 33.1. The number of aliphatic carboxylic acids is 1. The zero-order valence-electron chi connectivity index (χ0n) is 38.1. The van der Waals surface area contributed by atoms with Gasteiger partial charge < -0.3 is 57.6 Å². The minimum Gasteiger partial charge on any atom is -0.483 e. The monoisotopic (exact) mass is 946 g/mol. The molecule has 4 aromatic rings. The van der Waals surface area contributed by atoms with Crippen LogP contribution in [0.25, 0.3) is 17.2 Å². The molecule has 18 nitrogen and oxygen atoms in total. The second-order valence-electron chi connectivity index (χ2n) is 18.4. The number of likely N-dealkylation sites (tertiary alicyclic amines) is 1. The zero-order chi connectivity index (χ0) is 48.5. The Morgan fingerprint density at radius 1 is 0.855 bits per heavy atom. The second-order valence-corrected chi connectivity index (χ2v) is 18.4. The molecule has 360 valence electrons. The molecule has 1 aromatic heterocycles. The lowest BCUT2D eigenvalue weighted by Gasteiger charge is -2.64. The molecule has 3 fully saturated rings. The van der Waals surface area contributed by atoms with E-state index in [1.165, 1.54) is 18.6 Å². The number of furan rings is 1. The SMILES string of the molecule is CC(=O)O[C@@H]1[C@@H](OC(C)=O)[C@H](Oc2ccc3c4c2O[C@H]2[C@H](N(C)C(=O)/C=C/c5ccoc5)CC[C@@]5(O)[C@@H](C3)N(C(=O)OCC3c6ccccc6-c6ccccc63)CC[C@]425)O[C@H](C(=O)O)[C@H]1OC(C)=O. The number of nitrogens with zero attached hydrogens (tertiary/aromatic N) is 2. The summed E-state index contributed by atoms with van der Waals surface area (Å²) in [6.45, 7) is 3.38. The molecule has 1 spiro atoms. The van der Waals surface area contributed by atoms with E-state index in [4.69, 9.17) is 37.6 Å². The van der Waals surface area contributed by atoms with Gasteiger partial charge in [0.1, 0.15) is 12.7 Å². The molecule has 10 rings (SSSR count). The van der Waals surface area contributed by atoms with Gasteiger partial charge in [0.25, 0.3) is 0 Å². The number of rotatable bonds is 11. The third kappa shape index (κ3) is 7.47. The Hall–Kier alpha value is -7.18. The first kappa shape index (κ1) is 45.6. The topological polar surface area (TPSA) is 227 Å². The van der Waals surface area contributed by atoms with Crippen molar-refractivity contribution in [1.82, 2.24) is 9.80 Å². The van der Waals surface area contributed by atoms with E-state index in [0.717, 1.165) is 48.6 Å². The normalized spacial score (nSPS) is 29.1. The van der Waals surface area contributed by atoms with Gasteiger partial charge in [0.2, 0.25) is 18.3 Å². The van der Waals surface area contributed by atoms with E-state index in [1.54, 1.807) is 41.1 Å². The van der Waals surface area contributed by atoms with Gasteiger partial charge in [0, 0.05) is 57.5 Å². The van der Waals surface area contributed by atoms with Crippen molar-refractivity contribution in [3.05, 3.63) is 113 Å². The predicted octanol–water partition coefficient (Wildman–Crippen LogP) is 4.91. The summed E-state index contributed by atoms with van der Waals surface area (Å²) in [6, 6.07) is 19.7. The number of aliphatic hydroxyl groups is 1. The number of piperidine rings is 1. The van der Waals surface area contributed by atoms with Gasteiger partial charge in [0.15, 0.2) is 29.8 Å². The predicted molar refractivity (Wildman–Crippen MR) is 238 cm³/mol. The highest BCUT2D eigenvalue weighted by molar-refractivity contribution is 5.92. The maximum absolute atomic E-state index is 14.5. The third-order valence-corrected chi connectivity index (χ3v) is 14.7. The summed E-state index contributed by atoms with van der Waals surface area (Å²) in [7, 11) is 1.66.